The van der Waals surface area contributed by atoms with E-state index in [1.165, 1.54) is 0 Å². The van der Waals surface area contributed by atoms with Crippen molar-refractivity contribution < 1.29 is 9.59 Å². The number of amides is 2. The molecular formula is C16H24N2O2. The number of rotatable bonds is 3. The number of nitrogens with one attached hydrogen (secondary N) is 2. The van der Waals surface area contributed by atoms with Crippen LogP contribution in [0.2, 0.25) is 0 Å². The summed E-state index contributed by atoms with van der Waals surface area (Å²) in [6, 6.07) is 7.74. The van der Waals surface area contributed by atoms with Crippen LogP contribution in [0.25, 0.3) is 0 Å². The lowest BCUT2D eigenvalue weighted by molar-refractivity contribution is -0.124. The fourth-order valence-electron chi connectivity index (χ4n) is 2.16. The zero-order valence-corrected chi connectivity index (χ0v) is 12.5. The SMILES string of the molecule is CC.Cc1cccc(NC(=O)CC2CCC(=O)NC2)c1. The molecule has 2 amide bonds. The third-order valence-corrected chi connectivity index (χ3v) is 3.14. The van der Waals surface area contributed by atoms with Gasteiger partial charge in [-0.1, -0.05) is 26.0 Å². The molecule has 0 spiro atoms. The zero-order chi connectivity index (χ0) is 15.0. The summed E-state index contributed by atoms with van der Waals surface area (Å²) in [6.07, 6.45) is 1.80. The molecule has 2 rings (SSSR count). The van der Waals surface area contributed by atoms with E-state index in [1.54, 1.807) is 0 Å². The number of hydrogen-bond acceptors (Lipinski definition) is 2. The van der Waals surface area contributed by atoms with Gasteiger partial charge in [0.15, 0.2) is 0 Å². The first kappa shape index (κ1) is 16.2. The Bertz CT molecular complexity index is 448. The first-order valence-electron chi connectivity index (χ1n) is 7.27. The minimum atomic E-state index is 0.0155. The minimum Gasteiger partial charge on any atom is -0.356 e. The van der Waals surface area contributed by atoms with E-state index in [9.17, 15) is 9.59 Å². The second-order valence-corrected chi connectivity index (χ2v) is 4.83. The summed E-state index contributed by atoms with van der Waals surface area (Å²) < 4.78 is 0. The molecule has 20 heavy (non-hydrogen) atoms. The highest BCUT2D eigenvalue weighted by Crippen LogP contribution is 2.16. The molecule has 0 saturated carbocycles. The average molecular weight is 276 g/mol. The Morgan fingerprint density at radius 1 is 1.40 bits per heavy atom. The highest BCUT2D eigenvalue weighted by molar-refractivity contribution is 5.91. The van der Waals surface area contributed by atoms with Crippen LogP contribution < -0.4 is 10.6 Å². The summed E-state index contributed by atoms with van der Waals surface area (Å²) in [5.41, 5.74) is 1.96. The van der Waals surface area contributed by atoms with Crippen molar-refractivity contribution in [1.29, 1.82) is 0 Å². The molecule has 1 unspecified atom stereocenters. The molecule has 1 aromatic carbocycles. The van der Waals surface area contributed by atoms with Crippen LogP contribution in [-0.2, 0) is 9.59 Å². The molecule has 1 atom stereocenters. The van der Waals surface area contributed by atoms with Gasteiger partial charge in [0, 0.05) is 25.1 Å². The first-order chi connectivity index (χ1) is 9.63. The molecule has 4 nitrogen and oxygen atoms in total. The Morgan fingerprint density at radius 3 is 2.75 bits per heavy atom. The van der Waals surface area contributed by atoms with Crippen LogP contribution in [0, 0.1) is 12.8 Å². The van der Waals surface area contributed by atoms with Crippen LogP contribution in [0.15, 0.2) is 24.3 Å². The Kier molecular flexibility index (Phi) is 6.77. The molecule has 1 fully saturated rings. The van der Waals surface area contributed by atoms with Gasteiger partial charge in [-0.3, -0.25) is 9.59 Å². The van der Waals surface area contributed by atoms with Crippen molar-refractivity contribution in [2.24, 2.45) is 5.92 Å². The number of benzene rings is 1. The molecule has 1 aromatic rings. The van der Waals surface area contributed by atoms with Crippen molar-refractivity contribution in [3.05, 3.63) is 29.8 Å². The molecule has 0 aromatic heterocycles. The highest BCUT2D eigenvalue weighted by Gasteiger charge is 2.20. The minimum absolute atomic E-state index is 0.0155. The van der Waals surface area contributed by atoms with E-state index in [4.69, 9.17) is 0 Å². The lowest BCUT2D eigenvalue weighted by Gasteiger charge is -2.21. The van der Waals surface area contributed by atoms with Crippen molar-refractivity contribution in [2.45, 2.75) is 40.0 Å². The molecule has 0 bridgehead atoms. The topological polar surface area (TPSA) is 58.2 Å². The lowest BCUT2D eigenvalue weighted by atomic mass is 9.95. The van der Waals surface area contributed by atoms with E-state index < -0.39 is 0 Å². The molecule has 2 N–H and O–H groups in total. The first-order valence-corrected chi connectivity index (χ1v) is 7.27. The van der Waals surface area contributed by atoms with Gasteiger partial charge in [-0.15, -0.1) is 0 Å². The van der Waals surface area contributed by atoms with Gasteiger partial charge in [0.05, 0.1) is 0 Å². The predicted octanol–water partition coefficient (Wildman–Crippen LogP) is 2.88. The van der Waals surface area contributed by atoms with Gasteiger partial charge in [-0.25, -0.2) is 0 Å². The maximum absolute atomic E-state index is 11.8. The van der Waals surface area contributed by atoms with E-state index in [0.717, 1.165) is 17.7 Å². The third-order valence-electron chi connectivity index (χ3n) is 3.14. The number of carbonyl (C=O) groups excluding carboxylic acids is 2. The smallest absolute Gasteiger partial charge is 0.224 e. The van der Waals surface area contributed by atoms with Crippen molar-refractivity contribution in [3.63, 3.8) is 0 Å². The number of hydrogen-bond donors (Lipinski definition) is 2. The van der Waals surface area contributed by atoms with E-state index in [2.05, 4.69) is 10.6 Å². The van der Waals surface area contributed by atoms with E-state index in [0.29, 0.717) is 19.4 Å². The van der Waals surface area contributed by atoms with Crippen molar-refractivity contribution in [3.8, 4) is 0 Å². The summed E-state index contributed by atoms with van der Waals surface area (Å²) in [4.78, 5) is 22.9. The Labute approximate surface area is 121 Å². The van der Waals surface area contributed by atoms with Gasteiger partial charge < -0.3 is 10.6 Å². The zero-order valence-electron chi connectivity index (χ0n) is 12.5. The monoisotopic (exact) mass is 276 g/mol. The van der Waals surface area contributed by atoms with Crippen molar-refractivity contribution >= 4 is 17.5 Å². The second-order valence-electron chi connectivity index (χ2n) is 4.83. The Morgan fingerprint density at radius 2 is 2.15 bits per heavy atom. The predicted molar refractivity (Wildman–Crippen MR) is 81.5 cm³/mol. The third kappa shape index (κ3) is 5.43. The molecule has 0 radical (unpaired) electrons. The number of anilines is 1. The molecule has 110 valence electrons. The largest absolute Gasteiger partial charge is 0.356 e. The van der Waals surface area contributed by atoms with E-state index in [1.807, 2.05) is 45.0 Å². The molecule has 4 heteroatoms. The van der Waals surface area contributed by atoms with Crippen LogP contribution in [0.3, 0.4) is 0 Å². The van der Waals surface area contributed by atoms with Gasteiger partial charge in [0.2, 0.25) is 11.8 Å². The van der Waals surface area contributed by atoms with Crippen LogP contribution in [0.1, 0.15) is 38.7 Å². The summed E-state index contributed by atoms with van der Waals surface area (Å²) in [5, 5.41) is 5.68. The molecule has 1 aliphatic heterocycles. The van der Waals surface area contributed by atoms with Crippen molar-refractivity contribution in [2.75, 3.05) is 11.9 Å². The van der Waals surface area contributed by atoms with Gasteiger partial charge in [0.1, 0.15) is 0 Å². The summed E-state index contributed by atoms with van der Waals surface area (Å²) >= 11 is 0. The lowest BCUT2D eigenvalue weighted by Crippen LogP contribution is -2.36. The maximum Gasteiger partial charge on any atom is 0.224 e. The summed E-state index contributed by atoms with van der Waals surface area (Å²) in [7, 11) is 0. The average Bonchev–Trinajstić information content (AvgIpc) is 2.43. The number of aryl methyl sites for hydroxylation is 1. The molecule has 1 aliphatic rings. The maximum atomic E-state index is 11.8. The fraction of sp³-hybridized carbons (Fsp3) is 0.500. The molecule has 1 saturated heterocycles. The van der Waals surface area contributed by atoms with E-state index >= 15 is 0 Å². The standard InChI is InChI=1S/C14H18N2O2.C2H6/c1-10-3-2-4-12(7-10)16-14(18)8-11-5-6-13(17)15-9-11;1-2/h2-4,7,11H,5-6,8-9H2,1H3,(H,15,17)(H,16,18);1-2H3. The van der Waals surface area contributed by atoms with Gasteiger partial charge >= 0.3 is 0 Å². The van der Waals surface area contributed by atoms with Crippen LogP contribution in [0.4, 0.5) is 5.69 Å². The van der Waals surface area contributed by atoms with E-state index in [-0.39, 0.29) is 17.7 Å². The molecular weight excluding hydrogens is 252 g/mol. The van der Waals surface area contributed by atoms with Crippen LogP contribution in [0.5, 0.6) is 0 Å². The normalized spacial score (nSPS) is 17.6. The highest BCUT2D eigenvalue weighted by atomic mass is 16.2. The fourth-order valence-corrected chi connectivity index (χ4v) is 2.16. The van der Waals surface area contributed by atoms with Crippen LogP contribution >= 0.6 is 0 Å². The Hall–Kier alpha value is -1.84. The molecule has 0 aliphatic carbocycles. The molecule has 1 heterocycles. The Balaban J connectivity index is 0.000000956. The number of piperidine rings is 1. The van der Waals surface area contributed by atoms with Crippen molar-refractivity contribution in [1.82, 2.24) is 5.32 Å². The summed E-state index contributed by atoms with van der Waals surface area (Å²) in [6.45, 7) is 6.60. The van der Waals surface area contributed by atoms with Gasteiger partial charge in [-0.05, 0) is 37.0 Å². The summed E-state index contributed by atoms with van der Waals surface area (Å²) in [5.74, 6) is 0.361. The van der Waals surface area contributed by atoms with Gasteiger partial charge in [0.25, 0.3) is 0 Å². The second kappa shape index (κ2) is 8.35. The van der Waals surface area contributed by atoms with Gasteiger partial charge in [-0.2, -0.15) is 0 Å². The quantitative estimate of drug-likeness (QED) is 0.892. The van der Waals surface area contributed by atoms with Crippen LogP contribution in [-0.4, -0.2) is 18.4 Å². The number of carbonyl (C=O) groups is 2.